The lowest BCUT2D eigenvalue weighted by Gasteiger charge is -2.13. The van der Waals surface area contributed by atoms with Crippen LogP contribution in [0.4, 0.5) is 0 Å². The lowest BCUT2D eigenvalue weighted by molar-refractivity contribution is -0.0588. The van der Waals surface area contributed by atoms with Crippen LogP contribution in [-0.4, -0.2) is 60.9 Å². The number of ether oxygens (including phenoxy) is 1. The Morgan fingerprint density at radius 2 is 2.24 bits per heavy atom. The molecule has 94 valence electrons. The highest BCUT2D eigenvalue weighted by Crippen LogP contribution is 2.28. The fourth-order valence-electron chi connectivity index (χ4n) is 1.61. The first kappa shape index (κ1) is 11.9. The van der Waals surface area contributed by atoms with Crippen molar-refractivity contribution in [3.63, 3.8) is 0 Å². The van der Waals surface area contributed by atoms with E-state index in [1.54, 1.807) is 0 Å². The number of aromatic nitrogens is 3. The van der Waals surface area contributed by atoms with Gasteiger partial charge in [-0.05, 0) is 0 Å². The van der Waals surface area contributed by atoms with Gasteiger partial charge >= 0.3 is 0 Å². The van der Waals surface area contributed by atoms with Crippen molar-refractivity contribution in [2.24, 2.45) is 5.73 Å². The fraction of sp³-hybridized carbons (Fsp3) is 0.625. The van der Waals surface area contributed by atoms with Crippen LogP contribution in [-0.2, 0) is 4.74 Å². The quantitative estimate of drug-likeness (QED) is 0.417. The molecule has 1 saturated heterocycles. The molecule has 9 nitrogen and oxygen atoms in total. The molecule has 1 amide bonds. The zero-order valence-electron chi connectivity index (χ0n) is 8.67. The second kappa shape index (κ2) is 4.37. The van der Waals surface area contributed by atoms with Crippen LogP contribution < -0.4 is 5.73 Å². The normalized spacial score (nSPS) is 32.9. The molecule has 2 rings (SSSR count). The van der Waals surface area contributed by atoms with E-state index in [2.05, 4.69) is 10.1 Å². The van der Waals surface area contributed by atoms with Gasteiger partial charge in [0.15, 0.2) is 6.23 Å². The van der Waals surface area contributed by atoms with Gasteiger partial charge < -0.3 is 25.8 Å². The van der Waals surface area contributed by atoms with Crippen LogP contribution in [0.3, 0.4) is 0 Å². The van der Waals surface area contributed by atoms with Crippen LogP contribution in [0.2, 0.25) is 0 Å². The Balaban J connectivity index is 2.19. The third kappa shape index (κ3) is 2.00. The molecular weight excluding hydrogens is 237 g/mol. The number of hydrogen-bond acceptors (Lipinski definition) is 7. The predicted molar refractivity (Wildman–Crippen MR) is 51.5 cm³/mol. The molecule has 4 atom stereocenters. The van der Waals surface area contributed by atoms with Gasteiger partial charge in [0, 0.05) is 0 Å². The Bertz CT molecular complexity index is 422. The summed E-state index contributed by atoms with van der Waals surface area (Å²) in [7, 11) is 0. The summed E-state index contributed by atoms with van der Waals surface area (Å²) in [6.07, 6.45) is -3.26. The van der Waals surface area contributed by atoms with Gasteiger partial charge in [-0.1, -0.05) is 0 Å². The third-order valence-electron chi connectivity index (χ3n) is 2.51. The average Bonchev–Trinajstić information content (AvgIpc) is 2.87. The van der Waals surface area contributed by atoms with Crippen LogP contribution in [0, 0.1) is 0 Å². The van der Waals surface area contributed by atoms with E-state index >= 15 is 0 Å². The second-order valence-electron chi connectivity index (χ2n) is 3.64. The smallest absolute Gasteiger partial charge is 0.288 e. The van der Waals surface area contributed by atoms with Crippen LogP contribution in [0.5, 0.6) is 0 Å². The molecule has 0 saturated carbocycles. The summed E-state index contributed by atoms with van der Waals surface area (Å²) in [5, 5.41) is 31.8. The first-order chi connectivity index (χ1) is 8.04. The molecule has 0 bridgehead atoms. The summed E-state index contributed by atoms with van der Waals surface area (Å²) < 4.78 is 6.25. The van der Waals surface area contributed by atoms with Gasteiger partial charge in [0.05, 0.1) is 6.61 Å². The lowest BCUT2D eigenvalue weighted by atomic mass is 10.6. The van der Waals surface area contributed by atoms with Gasteiger partial charge in [-0.25, -0.2) is 9.67 Å². The molecule has 1 unspecified atom stereocenters. The molecule has 0 spiro atoms. The maximum absolute atomic E-state index is 10.8. The fourth-order valence-corrected chi connectivity index (χ4v) is 1.61. The molecule has 1 fully saturated rings. The number of primary amides is 1. The SMILES string of the molecule is NC(=O)c1ncn([13C@@H]2O[13C@H]([13CH2]O)[13CH](O)[13C@@H]2O)n1. The largest absolute Gasteiger partial charge is 0.394 e. The number of nitrogens with zero attached hydrogens (tertiary/aromatic N) is 3. The summed E-state index contributed by atoms with van der Waals surface area (Å²) >= 11 is 0. The first-order valence-electron chi connectivity index (χ1n) is 4.88. The van der Waals surface area contributed by atoms with Gasteiger partial charge in [0.25, 0.3) is 5.91 Å². The molecule has 17 heavy (non-hydrogen) atoms. The second-order valence-corrected chi connectivity index (χ2v) is 3.64. The van der Waals surface area contributed by atoms with E-state index in [4.69, 9.17) is 15.6 Å². The highest BCUT2D eigenvalue weighted by Gasteiger charge is 2.43. The summed E-state index contributed by atoms with van der Waals surface area (Å²) in [6, 6.07) is 0. The molecule has 9 heteroatoms. The summed E-state index contributed by atoms with van der Waals surface area (Å²) in [4.78, 5) is 14.4. The topological polar surface area (TPSA) is 144 Å². The number of carbonyl (C=O) groups is 1. The van der Waals surface area contributed by atoms with Crippen LogP contribution >= 0.6 is 0 Å². The van der Waals surface area contributed by atoms with E-state index in [0.717, 1.165) is 11.0 Å². The van der Waals surface area contributed by atoms with E-state index in [9.17, 15) is 15.0 Å². The maximum atomic E-state index is 10.8. The van der Waals surface area contributed by atoms with E-state index in [-0.39, 0.29) is 5.82 Å². The lowest BCUT2D eigenvalue weighted by Crippen LogP contribution is -2.33. The van der Waals surface area contributed by atoms with E-state index < -0.39 is 37.1 Å². The molecular formula is C8H12N4O5. The average molecular weight is 249 g/mol. The number of rotatable bonds is 3. The zero-order valence-corrected chi connectivity index (χ0v) is 8.67. The van der Waals surface area contributed by atoms with Crippen molar-refractivity contribution in [3.05, 3.63) is 12.2 Å². The van der Waals surface area contributed by atoms with E-state index in [1.807, 2.05) is 0 Å². The van der Waals surface area contributed by atoms with Crippen molar-refractivity contribution >= 4 is 5.91 Å². The number of hydrogen-bond donors (Lipinski definition) is 4. The monoisotopic (exact) mass is 249 g/mol. The summed E-state index contributed by atoms with van der Waals surface area (Å²) in [5.74, 6) is -1.03. The maximum Gasteiger partial charge on any atom is 0.288 e. The highest BCUT2D eigenvalue weighted by molar-refractivity contribution is 5.88. The minimum atomic E-state index is -1.27. The van der Waals surface area contributed by atoms with Crippen molar-refractivity contribution in [2.75, 3.05) is 6.61 Å². The molecule has 0 aromatic carbocycles. The molecule has 0 aliphatic carbocycles. The van der Waals surface area contributed by atoms with Gasteiger partial charge in [0.2, 0.25) is 5.82 Å². The van der Waals surface area contributed by atoms with Gasteiger partial charge in [0.1, 0.15) is 24.6 Å². The Morgan fingerprint density at radius 1 is 1.53 bits per heavy atom. The van der Waals surface area contributed by atoms with Crippen LogP contribution in [0.25, 0.3) is 0 Å². The van der Waals surface area contributed by atoms with Crippen molar-refractivity contribution in [1.29, 1.82) is 0 Å². The number of aliphatic hydroxyl groups is 3. The van der Waals surface area contributed by atoms with Gasteiger partial charge in [-0.3, -0.25) is 4.79 Å². The van der Waals surface area contributed by atoms with Crippen LogP contribution in [0.15, 0.2) is 6.33 Å². The summed E-state index contributed by atoms with van der Waals surface area (Å²) in [5.41, 5.74) is 4.97. The highest BCUT2D eigenvalue weighted by atomic mass is 16.8. The first-order valence-corrected chi connectivity index (χ1v) is 4.88. The number of nitrogens with two attached hydrogens (primary N) is 1. The number of amides is 1. The Hall–Kier alpha value is -1.55. The molecule has 5 N–H and O–H groups in total. The van der Waals surface area contributed by atoms with Crippen molar-refractivity contribution < 1.29 is 24.9 Å². The van der Waals surface area contributed by atoms with Gasteiger partial charge in [-0.2, -0.15) is 0 Å². The molecule has 1 aliphatic rings. The van der Waals surface area contributed by atoms with E-state index in [1.165, 1.54) is 0 Å². The predicted octanol–water partition coefficient (Wildman–Crippen LogP) is -3.01. The minimum Gasteiger partial charge on any atom is -0.394 e. The van der Waals surface area contributed by atoms with Crippen molar-refractivity contribution in [2.45, 2.75) is 24.5 Å². The number of aliphatic hydroxyl groups excluding tert-OH is 3. The third-order valence-corrected chi connectivity index (χ3v) is 2.51. The number of carbonyl (C=O) groups excluding carboxylic acids is 1. The van der Waals surface area contributed by atoms with Crippen LogP contribution in [0.1, 0.15) is 16.8 Å². The molecule has 1 aromatic heterocycles. The molecule has 1 aromatic rings. The Kier molecular flexibility index (Phi) is 3.07. The minimum absolute atomic E-state index is 0.220. The standard InChI is InChI=1S/C8H12N4O5/c9-6(16)7-10-2-12(11-7)8-5(15)4(14)3(1-13)17-8/h2-5,8,13-15H,1H2,(H2,9,16)/t3-,4?,5+,8-/m1/s1/i1+1,3+1,4+1,5+1,8+1. The zero-order chi connectivity index (χ0) is 12.6. The van der Waals surface area contributed by atoms with E-state index in [0.29, 0.717) is 0 Å². The Morgan fingerprint density at radius 3 is 2.71 bits per heavy atom. The van der Waals surface area contributed by atoms with Crippen molar-refractivity contribution in [1.82, 2.24) is 14.8 Å². The molecule has 0 radical (unpaired) electrons. The van der Waals surface area contributed by atoms with Gasteiger partial charge in [-0.15, -0.1) is 5.10 Å². The molecule has 2 heterocycles. The van der Waals surface area contributed by atoms with Crippen molar-refractivity contribution in [3.8, 4) is 0 Å². The summed E-state index contributed by atoms with van der Waals surface area (Å²) in [6.45, 7) is -0.438. The molecule has 1 aliphatic heterocycles. The Labute approximate surface area is 95.4 Å².